The normalized spacial score (nSPS) is 16.4. The predicted octanol–water partition coefficient (Wildman–Crippen LogP) is 0.292. The van der Waals surface area contributed by atoms with Crippen molar-refractivity contribution in [3.63, 3.8) is 0 Å². The van der Waals surface area contributed by atoms with Crippen molar-refractivity contribution in [1.29, 1.82) is 0 Å². The largest absolute Gasteiger partial charge is 0.345 e. The summed E-state index contributed by atoms with van der Waals surface area (Å²) in [6.07, 6.45) is 4.07. The van der Waals surface area contributed by atoms with Gasteiger partial charge in [0.1, 0.15) is 4.91 Å². The highest BCUT2D eigenvalue weighted by atomic mass is 32.2. The Labute approximate surface area is 81.2 Å². The van der Waals surface area contributed by atoms with Gasteiger partial charge in [-0.1, -0.05) is 12.2 Å². The van der Waals surface area contributed by atoms with Crippen LogP contribution < -0.4 is 0 Å². The summed E-state index contributed by atoms with van der Waals surface area (Å²) in [5.74, 6) is -1.54. The van der Waals surface area contributed by atoms with E-state index in [0.717, 1.165) is 13.0 Å². The van der Waals surface area contributed by atoms with Crippen molar-refractivity contribution in [3.8, 4) is 0 Å². The second kappa shape index (κ2) is 3.75. The molecule has 76 valence electrons. The molecule has 0 amide bonds. The number of Topliss-reactive ketones (excluding diaryl/α,β-unsaturated/α-hetero) is 1. The van der Waals surface area contributed by atoms with Gasteiger partial charge in [0.15, 0.2) is 5.78 Å². The van der Waals surface area contributed by atoms with Crippen LogP contribution >= 0.6 is 0 Å². The van der Waals surface area contributed by atoms with Crippen LogP contribution in [0.5, 0.6) is 0 Å². The molecule has 0 N–H and O–H groups in total. The molecular weight excluding hydrogens is 208 g/mol. The van der Waals surface area contributed by atoms with Crippen molar-refractivity contribution < 1.29 is 22.2 Å². The molecule has 14 heavy (non-hydrogen) atoms. The van der Waals surface area contributed by atoms with Gasteiger partial charge in [-0.05, 0) is 6.08 Å². The van der Waals surface area contributed by atoms with Crippen LogP contribution in [-0.4, -0.2) is 20.2 Å². The van der Waals surface area contributed by atoms with Gasteiger partial charge >= 0.3 is 16.1 Å². The van der Waals surface area contributed by atoms with Crippen molar-refractivity contribution >= 4 is 21.9 Å². The van der Waals surface area contributed by atoms with Crippen molar-refractivity contribution in [2.75, 3.05) is 0 Å². The molecule has 1 aliphatic rings. The van der Waals surface area contributed by atoms with Gasteiger partial charge in [-0.25, -0.2) is 0 Å². The Kier molecular flexibility index (Phi) is 2.85. The van der Waals surface area contributed by atoms with E-state index in [9.17, 15) is 18.0 Å². The third-order valence-corrected chi connectivity index (χ3v) is 2.81. The van der Waals surface area contributed by atoms with E-state index in [-0.39, 0.29) is 6.42 Å². The molecule has 0 bridgehead atoms. The number of carbonyl (C=O) groups excluding carboxylic acids is 2. The van der Waals surface area contributed by atoms with E-state index in [4.69, 9.17) is 0 Å². The van der Waals surface area contributed by atoms with E-state index in [2.05, 4.69) is 4.18 Å². The van der Waals surface area contributed by atoms with Crippen LogP contribution in [0.25, 0.3) is 0 Å². The van der Waals surface area contributed by atoms with Gasteiger partial charge in [0.25, 0.3) is 0 Å². The molecule has 0 aromatic carbocycles. The van der Waals surface area contributed by atoms with Crippen molar-refractivity contribution in [3.05, 3.63) is 23.1 Å². The quantitative estimate of drug-likeness (QED) is 0.620. The highest BCUT2D eigenvalue weighted by Crippen LogP contribution is 2.16. The third-order valence-electron chi connectivity index (χ3n) is 1.46. The number of ketones is 1. The molecule has 0 unspecified atom stereocenters. The van der Waals surface area contributed by atoms with Crippen LogP contribution in [0.2, 0.25) is 0 Å². The third kappa shape index (κ3) is 2.29. The summed E-state index contributed by atoms with van der Waals surface area (Å²) in [5, 5.41) is 0. The SMILES string of the molecule is CC(=O)OS(=O)(=O)C1=CC=CCC1=O. The van der Waals surface area contributed by atoms with E-state index >= 15 is 0 Å². The summed E-state index contributed by atoms with van der Waals surface area (Å²) in [7, 11) is -4.22. The van der Waals surface area contributed by atoms with Crippen LogP contribution in [0.15, 0.2) is 23.1 Å². The minimum absolute atomic E-state index is 0.00628. The topological polar surface area (TPSA) is 77.5 Å². The van der Waals surface area contributed by atoms with E-state index < -0.39 is 26.8 Å². The van der Waals surface area contributed by atoms with Gasteiger partial charge in [0.2, 0.25) is 0 Å². The molecule has 1 rings (SSSR count). The average molecular weight is 216 g/mol. The molecule has 1 aliphatic carbocycles. The summed E-state index contributed by atoms with van der Waals surface area (Å²) in [6.45, 7) is 0.960. The van der Waals surface area contributed by atoms with Gasteiger partial charge in [0.05, 0.1) is 0 Å². The van der Waals surface area contributed by atoms with Crippen LogP contribution in [0.4, 0.5) is 0 Å². The number of hydrogen-bond acceptors (Lipinski definition) is 5. The molecule has 0 aliphatic heterocycles. The minimum atomic E-state index is -4.22. The Balaban J connectivity index is 3.03. The fourth-order valence-corrected chi connectivity index (χ4v) is 1.95. The lowest BCUT2D eigenvalue weighted by Crippen LogP contribution is -2.19. The van der Waals surface area contributed by atoms with Crippen LogP contribution in [-0.2, 0) is 23.9 Å². The molecule has 5 nitrogen and oxygen atoms in total. The summed E-state index contributed by atoms with van der Waals surface area (Å²) >= 11 is 0. The Morgan fingerprint density at radius 3 is 2.64 bits per heavy atom. The average Bonchev–Trinajstić information content (AvgIpc) is 2.02. The Hall–Kier alpha value is -1.43. The zero-order valence-electron chi connectivity index (χ0n) is 7.39. The standard InChI is InChI=1S/C8H8O5S/c1-6(9)13-14(11,12)8-5-3-2-4-7(8)10/h2-3,5H,4H2,1H3. The monoisotopic (exact) mass is 216 g/mol. The number of rotatable bonds is 2. The molecule has 0 heterocycles. The Bertz CT molecular complexity index is 427. The van der Waals surface area contributed by atoms with E-state index in [1.807, 2.05) is 0 Å². The fraction of sp³-hybridized carbons (Fsp3) is 0.250. The zero-order chi connectivity index (χ0) is 10.8. The molecule has 6 heteroatoms. The number of carbonyl (C=O) groups is 2. The maximum absolute atomic E-state index is 11.2. The lowest BCUT2D eigenvalue weighted by atomic mass is 10.2. The van der Waals surface area contributed by atoms with E-state index in [0.29, 0.717) is 0 Å². The minimum Gasteiger partial charge on any atom is -0.342 e. The second-order valence-electron chi connectivity index (χ2n) is 2.62. The summed E-state index contributed by atoms with van der Waals surface area (Å²) in [4.78, 5) is 21.1. The number of allylic oxidation sites excluding steroid dienone is 4. The maximum Gasteiger partial charge on any atom is 0.345 e. The van der Waals surface area contributed by atoms with Crippen molar-refractivity contribution in [2.24, 2.45) is 0 Å². The fourth-order valence-electron chi connectivity index (χ4n) is 0.946. The predicted molar refractivity (Wildman–Crippen MR) is 47.5 cm³/mol. The lowest BCUT2D eigenvalue weighted by Gasteiger charge is -2.07. The molecule has 0 saturated heterocycles. The molecule has 0 spiro atoms. The maximum atomic E-state index is 11.2. The van der Waals surface area contributed by atoms with E-state index in [1.54, 1.807) is 0 Å². The van der Waals surface area contributed by atoms with Gasteiger partial charge in [-0.3, -0.25) is 9.59 Å². The van der Waals surface area contributed by atoms with Crippen molar-refractivity contribution in [1.82, 2.24) is 0 Å². The zero-order valence-corrected chi connectivity index (χ0v) is 8.21. The summed E-state index contributed by atoms with van der Waals surface area (Å²) in [5.41, 5.74) is 0. The number of hydrogen-bond donors (Lipinski definition) is 0. The van der Waals surface area contributed by atoms with Crippen molar-refractivity contribution in [2.45, 2.75) is 13.3 Å². The van der Waals surface area contributed by atoms with Gasteiger partial charge in [-0.15, -0.1) is 0 Å². The molecular formula is C8H8O5S. The van der Waals surface area contributed by atoms with Crippen LogP contribution in [0, 0.1) is 0 Å². The highest BCUT2D eigenvalue weighted by molar-refractivity contribution is 7.92. The second-order valence-corrected chi connectivity index (χ2v) is 4.13. The molecule has 0 atom stereocenters. The molecule has 0 saturated carbocycles. The molecule has 0 fully saturated rings. The van der Waals surface area contributed by atoms with E-state index in [1.165, 1.54) is 12.2 Å². The first-order valence-electron chi connectivity index (χ1n) is 3.78. The first kappa shape index (κ1) is 10.6. The lowest BCUT2D eigenvalue weighted by molar-refractivity contribution is -0.131. The first-order chi connectivity index (χ1) is 6.43. The first-order valence-corrected chi connectivity index (χ1v) is 5.19. The smallest absolute Gasteiger partial charge is 0.342 e. The Morgan fingerprint density at radius 1 is 1.50 bits per heavy atom. The molecule has 0 aromatic heterocycles. The Morgan fingerprint density at radius 2 is 2.14 bits per heavy atom. The molecule has 0 aromatic rings. The van der Waals surface area contributed by atoms with Crippen LogP contribution in [0.1, 0.15) is 13.3 Å². The van der Waals surface area contributed by atoms with Gasteiger partial charge < -0.3 is 4.18 Å². The highest BCUT2D eigenvalue weighted by Gasteiger charge is 2.27. The summed E-state index contributed by atoms with van der Waals surface area (Å²) in [6, 6.07) is 0. The van der Waals surface area contributed by atoms with Crippen LogP contribution in [0.3, 0.4) is 0 Å². The molecule has 0 radical (unpaired) electrons. The van der Waals surface area contributed by atoms with Gasteiger partial charge in [0, 0.05) is 13.3 Å². The summed E-state index contributed by atoms with van der Waals surface area (Å²) < 4.78 is 26.5. The van der Waals surface area contributed by atoms with Gasteiger partial charge in [-0.2, -0.15) is 8.42 Å².